The molecule has 0 saturated carbocycles. The van der Waals surface area contributed by atoms with Gasteiger partial charge in [-0.3, -0.25) is 0 Å². The summed E-state index contributed by atoms with van der Waals surface area (Å²) in [5.41, 5.74) is 0. The molecule has 0 fully saturated rings. The van der Waals surface area contributed by atoms with Crippen molar-refractivity contribution in [3.8, 4) is 0 Å². The molecule has 0 heterocycles. The summed E-state index contributed by atoms with van der Waals surface area (Å²) >= 11 is -7.34. The zero-order chi connectivity index (χ0) is 52.9. The molecule has 0 N–H and O–H groups in total. The molecule has 9 aromatic carbocycles. The van der Waals surface area contributed by atoms with Crippen LogP contribution in [0, 0.1) is 0 Å². The Hall–Kier alpha value is -2.79. The van der Waals surface area contributed by atoms with Crippen molar-refractivity contribution in [2.75, 3.05) is 0 Å². The summed E-state index contributed by atoms with van der Waals surface area (Å²) in [6, 6.07) is 81.7. The average Bonchev–Trinajstić information content (AvgIpc) is 3.50. The second-order valence-electron chi connectivity index (χ2n) is 15.3. The van der Waals surface area contributed by atoms with Crippen LogP contribution in [0.4, 0.5) is 0 Å². The van der Waals surface area contributed by atoms with Gasteiger partial charge in [0.15, 0.2) is 0 Å². The summed E-state index contributed by atoms with van der Waals surface area (Å²) in [5.74, 6) is 0. The molecular formula is C54H54ClO9P9Rh3-. The second kappa shape index (κ2) is 33.1. The van der Waals surface area contributed by atoms with E-state index in [1.165, 1.54) is 0 Å². The van der Waals surface area contributed by atoms with Gasteiger partial charge < -0.3 is 12.4 Å². The van der Waals surface area contributed by atoms with Gasteiger partial charge in [-0.25, -0.2) is 0 Å². The van der Waals surface area contributed by atoms with Gasteiger partial charge in [0.2, 0.25) is 0 Å². The molecule has 0 radical (unpaired) electrons. The van der Waals surface area contributed by atoms with Crippen molar-refractivity contribution in [2.45, 2.75) is 0 Å². The van der Waals surface area contributed by atoms with E-state index in [9.17, 15) is 41.1 Å². The van der Waals surface area contributed by atoms with Crippen LogP contribution in [0.1, 0.15) is 0 Å². The van der Waals surface area contributed by atoms with Gasteiger partial charge >= 0.3 is 461 Å². The molecule has 0 amide bonds. The minimum absolute atomic E-state index is 0. The molecule has 9 nitrogen and oxygen atoms in total. The van der Waals surface area contributed by atoms with E-state index in [1.54, 1.807) is 109 Å². The second-order valence-corrected chi connectivity index (χ2v) is 84.4. The summed E-state index contributed by atoms with van der Waals surface area (Å²) in [4.78, 5) is 0. The van der Waals surface area contributed by atoms with Crippen molar-refractivity contribution in [1.82, 2.24) is 0 Å². The van der Waals surface area contributed by atoms with E-state index in [2.05, 4.69) is 0 Å². The smallest absolute Gasteiger partial charge is 1.00 e. The van der Waals surface area contributed by atoms with E-state index in [1.807, 2.05) is 164 Å². The first-order valence-electron chi connectivity index (χ1n) is 22.8. The van der Waals surface area contributed by atoms with Gasteiger partial charge in [0, 0.05) is 0 Å². The van der Waals surface area contributed by atoms with Crippen LogP contribution in [0.25, 0.3) is 0 Å². The summed E-state index contributed by atoms with van der Waals surface area (Å²) in [6.45, 7) is 0. The number of rotatable bonds is 18. The quantitative estimate of drug-likeness (QED) is 0.0605. The largest absolute Gasteiger partial charge is 1.00 e. The number of hydrogen-bond donors (Lipinski definition) is 0. The molecule has 0 spiro atoms. The van der Waals surface area contributed by atoms with Gasteiger partial charge in [-0.15, -0.1) is 0 Å². The van der Waals surface area contributed by atoms with Crippen LogP contribution in [0.5, 0.6) is 0 Å². The normalized spacial score (nSPS) is 14.9. The summed E-state index contributed by atoms with van der Waals surface area (Å²) < 4.78 is 119. The fraction of sp³-hybridized carbons (Fsp3) is 0. The molecule has 0 aliphatic carbocycles. The van der Waals surface area contributed by atoms with Crippen molar-refractivity contribution < 1.29 is 97.0 Å². The molecule has 9 atom stereocenters. The third-order valence-electron chi connectivity index (χ3n) is 10.3. The van der Waals surface area contributed by atoms with Crippen LogP contribution in [0.15, 0.2) is 273 Å². The average molecular weight is 1470 g/mol. The van der Waals surface area contributed by atoms with Crippen LogP contribution in [-0.2, 0) is 84.6 Å². The summed E-state index contributed by atoms with van der Waals surface area (Å²) in [5, 5.41) is 6.15. The molecule has 76 heavy (non-hydrogen) atoms. The van der Waals surface area contributed by atoms with Crippen molar-refractivity contribution in [3.63, 3.8) is 0 Å². The van der Waals surface area contributed by atoms with Gasteiger partial charge in [0.05, 0.1) is 0 Å². The molecule has 0 aliphatic heterocycles. The summed E-state index contributed by atoms with van der Waals surface area (Å²) in [6.07, 6.45) is -21.2. The zero-order valence-corrected chi connectivity index (χ0v) is 54.7. The molecule has 9 aromatic rings. The Kier molecular flexibility index (Phi) is 27.2. The molecule has 0 bridgehead atoms. The van der Waals surface area contributed by atoms with Crippen LogP contribution < -0.4 is 60.1 Å². The Balaban J connectivity index is 0.000000184. The van der Waals surface area contributed by atoms with E-state index in [0.717, 1.165) is 0 Å². The monoisotopic (exact) mass is 1470 g/mol. The van der Waals surface area contributed by atoms with Crippen molar-refractivity contribution >= 4 is 103 Å². The first kappa shape index (κ1) is 62.4. The van der Waals surface area contributed by atoms with E-state index < -0.39 is 98.7 Å². The number of hydrogen-bond acceptors (Lipinski definition) is 9. The van der Waals surface area contributed by atoms with Crippen LogP contribution in [0.3, 0.4) is 0 Å². The first-order chi connectivity index (χ1) is 36.5. The molecule has 404 valence electrons. The maximum atomic E-state index is 13.3. The van der Waals surface area contributed by atoms with Crippen LogP contribution in [0.2, 0.25) is 0 Å². The fourth-order valence-electron chi connectivity index (χ4n) is 6.54. The Morgan fingerprint density at radius 2 is 0.237 bits per heavy atom. The number of halogens is 1. The standard InChI is InChI=1S/9C6H5OP.ClH.3Rh/c9*7-8-6-4-2-1-3-5-6;;;;/h9*1-5H;1H;;;/q;;;;;;;;;;3*-3/p+8. The maximum Gasteiger partial charge on any atom is -1.00 e. The predicted octanol–water partition coefficient (Wildman–Crippen LogP) is 9.02. The van der Waals surface area contributed by atoms with Gasteiger partial charge in [0.1, 0.15) is 0 Å². The Labute approximate surface area is 468 Å². The Bertz CT molecular complexity index is 2720. The van der Waals surface area contributed by atoms with E-state index in [-0.39, 0.29) is 12.4 Å². The molecule has 0 aliphatic rings. The number of benzene rings is 9. The SMILES string of the molecule is O=[PH](c1ccccc1)[Rh]([PH](=O)c1ccccc1)[PH](=O)c1ccccc1.O=[PH](c1ccccc1)[Rh]([PH](=O)c1ccccc1)[PH](=O)c1ccccc1.O=[PH](c1ccccc1)[Rh]([PH](=O)c1ccccc1)[PH](=O)c1ccccc1.[Cl-]. The van der Waals surface area contributed by atoms with Crippen LogP contribution in [-0.4, -0.2) is 0 Å². The van der Waals surface area contributed by atoms with Gasteiger partial charge in [-0.05, 0) is 0 Å². The van der Waals surface area contributed by atoms with Gasteiger partial charge in [0.25, 0.3) is 0 Å². The topological polar surface area (TPSA) is 154 Å². The molecule has 22 heteroatoms. The molecule has 9 unspecified atom stereocenters. The van der Waals surface area contributed by atoms with E-state index >= 15 is 0 Å². The van der Waals surface area contributed by atoms with Crippen molar-refractivity contribution in [3.05, 3.63) is 273 Å². The van der Waals surface area contributed by atoms with Gasteiger partial charge in [-0.2, -0.15) is 0 Å². The Morgan fingerprint density at radius 3 is 0.316 bits per heavy atom. The first-order valence-corrected chi connectivity index (χ1v) is 56.1. The predicted molar refractivity (Wildman–Crippen MR) is 316 cm³/mol. The third kappa shape index (κ3) is 17.6. The summed E-state index contributed by atoms with van der Waals surface area (Å²) in [7, 11) is 0. The van der Waals surface area contributed by atoms with E-state index in [0.29, 0.717) is 47.7 Å². The zero-order valence-electron chi connectivity index (χ0n) is 40.0. The van der Waals surface area contributed by atoms with Crippen molar-refractivity contribution in [2.24, 2.45) is 0 Å². The molecule has 0 saturated heterocycles. The third-order valence-corrected chi connectivity index (χ3v) is 101. The van der Waals surface area contributed by atoms with E-state index in [4.69, 9.17) is 0 Å². The minimum Gasteiger partial charge on any atom is -1.00 e. The van der Waals surface area contributed by atoms with Crippen molar-refractivity contribution in [1.29, 1.82) is 0 Å². The van der Waals surface area contributed by atoms with Crippen LogP contribution >= 0.6 is 55.2 Å². The molecular weight excluding hydrogens is 1420 g/mol. The minimum atomic E-state index is -2.45. The fourth-order valence-corrected chi connectivity index (χ4v) is 95.4. The van der Waals surface area contributed by atoms with Gasteiger partial charge in [-0.1, -0.05) is 0 Å². The Morgan fingerprint density at radius 1 is 0.158 bits per heavy atom. The molecule has 0 aromatic heterocycles. The molecule has 9 rings (SSSR count). The maximum absolute atomic E-state index is 13.3.